The van der Waals surface area contributed by atoms with Gasteiger partial charge in [0, 0.05) is 17.6 Å². The molecule has 0 unspecified atom stereocenters. The number of carbonyl (C=O) groups excluding carboxylic acids is 1. The van der Waals surface area contributed by atoms with Gasteiger partial charge in [0.05, 0.1) is 5.56 Å². The van der Waals surface area contributed by atoms with E-state index in [1.807, 2.05) is 36.4 Å². The first-order valence-corrected chi connectivity index (χ1v) is 10.3. The van der Waals surface area contributed by atoms with E-state index in [4.69, 9.17) is 0 Å². The monoisotopic (exact) mass is 390 g/mol. The van der Waals surface area contributed by atoms with E-state index < -0.39 is 0 Å². The molecule has 0 atom stereocenters. The summed E-state index contributed by atoms with van der Waals surface area (Å²) in [6.07, 6.45) is 5.93. The molecule has 142 valence electrons. The van der Waals surface area contributed by atoms with Gasteiger partial charge in [-0.25, -0.2) is 4.99 Å². The Morgan fingerprint density at radius 3 is 2.75 bits per heavy atom. The molecule has 28 heavy (non-hydrogen) atoms. The Hall–Kier alpha value is -2.92. The molecule has 4 rings (SSSR count). The largest absolute Gasteiger partial charge is 0.508 e. The van der Waals surface area contributed by atoms with Crippen LogP contribution < -0.4 is 5.32 Å². The smallest absolute Gasteiger partial charge is 0.254 e. The van der Waals surface area contributed by atoms with E-state index in [2.05, 4.69) is 10.3 Å². The zero-order valence-electron chi connectivity index (χ0n) is 15.5. The highest BCUT2D eigenvalue weighted by Crippen LogP contribution is 2.39. The van der Waals surface area contributed by atoms with E-state index in [1.165, 1.54) is 4.88 Å². The van der Waals surface area contributed by atoms with E-state index in [0.29, 0.717) is 12.1 Å². The molecule has 1 amide bonds. The molecular weight excluding hydrogens is 368 g/mol. The average molecular weight is 391 g/mol. The minimum absolute atomic E-state index is 0.0636. The van der Waals surface area contributed by atoms with Crippen LogP contribution in [0.2, 0.25) is 0 Å². The number of amides is 1. The standard InChI is InChI=1S/C23H22N2O2S/c26-18-10-6-9-17(13-18)15-25-23-21(19-11-4-5-12-20(19)28-23)22(27)24-14-16-7-2-1-3-8-16/h1-3,6-10,13,15,26H,4-5,11-12,14H2,(H,24,27)/b25-15-. The van der Waals surface area contributed by atoms with Gasteiger partial charge in [-0.1, -0.05) is 42.5 Å². The molecule has 1 heterocycles. The quantitative estimate of drug-likeness (QED) is 0.601. The Morgan fingerprint density at radius 1 is 1.11 bits per heavy atom. The van der Waals surface area contributed by atoms with Gasteiger partial charge >= 0.3 is 0 Å². The number of rotatable bonds is 5. The molecule has 5 heteroatoms. The minimum Gasteiger partial charge on any atom is -0.508 e. The van der Waals surface area contributed by atoms with E-state index >= 15 is 0 Å². The molecule has 2 aromatic carbocycles. The summed E-state index contributed by atoms with van der Waals surface area (Å²) < 4.78 is 0. The lowest BCUT2D eigenvalue weighted by Crippen LogP contribution is -2.24. The zero-order valence-corrected chi connectivity index (χ0v) is 16.3. The minimum atomic E-state index is -0.0636. The van der Waals surface area contributed by atoms with Crippen LogP contribution in [0.25, 0.3) is 0 Å². The molecule has 0 spiro atoms. The Kier molecular flexibility index (Phi) is 5.53. The number of aliphatic imine (C=N–C) groups is 1. The molecule has 0 fully saturated rings. The van der Waals surface area contributed by atoms with Gasteiger partial charge in [-0.15, -0.1) is 11.3 Å². The SMILES string of the molecule is O=C(NCc1ccccc1)c1c(/N=C\c2cccc(O)c2)sc2c1CCCC2. The van der Waals surface area contributed by atoms with Crippen molar-refractivity contribution in [1.29, 1.82) is 0 Å². The fourth-order valence-electron chi connectivity index (χ4n) is 3.48. The third-order valence-corrected chi connectivity index (χ3v) is 6.08. The van der Waals surface area contributed by atoms with Crippen LogP contribution in [0.3, 0.4) is 0 Å². The lowest BCUT2D eigenvalue weighted by Gasteiger charge is -2.12. The number of aromatic hydroxyl groups is 1. The van der Waals surface area contributed by atoms with E-state index in [1.54, 1.807) is 35.8 Å². The van der Waals surface area contributed by atoms with Crippen LogP contribution in [-0.2, 0) is 19.4 Å². The molecule has 0 aliphatic heterocycles. The van der Waals surface area contributed by atoms with Crippen molar-refractivity contribution in [2.75, 3.05) is 0 Å². The van der Waals surface area contributed by atoms with Crippen LogP contribution in [0.4, 0.5) is 5.00 Å². The van der Waals surface area contributed by atoms with Crippen molar-refractivity contribution in [1.82, 2.24) is 5.32 Å². The number of hydrogen-bond acceptors (Lipinski definition) is 4. The predicted octanol–water partition coefficient (Wildman–Crippen LogP) is 5.01. The number of phenols is 1. The molecule has 1 aromatic heterocycles. The first kappa shape index (κ1) is 18.4. The number of hydrogen-bond donors (Lipinski definition) is 2. The molecule has 0 bridgehead atoms. The van der Waals surface area contributed by atoms with Gasteiger partial charge in [0.1, 0.15) is 10.8 Å². The van der Waals surface area contributed by atoms with Crippen molar-refractivity contribution in [3.05, 3.63) is 81.7 Å². The fraction of sp³-hybridized carbons (Fsp3) is 0.217. The first-order valence-electron chi connectivity index (χ1n) is 9.50. The molecule has 4 nitrogen and oxygen atoms in total. The molecule has 1 aliphatic carbocycles. The summed E-state index contributed by atoms with van der Waals surface area (Å²) in [5, 5.41) is 13.4. The Balaban J connectivity index is 1.61. The number of nitrogens with zero attached hydrogens (tertiary/aromatic N) is 1. The summed E-state index contributed by atoms with van der Waals surface area (Å²) in [6, 6.07) is 16.9. The number of benzene rings is 2. The van der Waals surface area contributed by atoms with Crippen molar-refractivity contribution in [3.63, 3.8) is 0 Å². The Labute approximate surface area is 168 Å². The second-order valence-electron chi connectivity index (χ2n) is 6.91. The van der Waals surface area contributed by atoms with Crippen molar-refractivity contribution in [3.8, 4) is 5.75 Å². The summed E-state index contributed by atoms with van der Waals surface area (Å²) in [5.41, 5.74) is 3.75. The second-order valence-corrected chi connectivity index (χ2v) is 8.00. The van der Waals surface area contributed by atoms with Crippen molar-refractivity contribution < 1.29 is 9.90 Å². The Bertz CT molecular complexity index is 1010. The molecule has 2 N–H and O–H groups in total. The number of phenolic OH excluding ortho intramolecular Hbond substituents is 1. The second kappa shape index (κ2) is 8.40. The van der Waals surface area contributed by atoms with Gasteiger partial charge in [-0.05, 0) is 54.5 Å². The topological polar surface area (TPSA) is 61.7 Å². The summed E-state index contributed by atoms with van der Waals surface area (Å²) >= 11 is 1.61. The third kappa shape index (κ3) is 4.15. The molecule has 1 aliphatic rings. The molecule has 3 aromatic rings. The highest BCUT2D eigenvalue weighted by molar-refractivity contribution is 7.16. The molecule has 0 radical (unpaired) electrons. The van der Waals surface area contributed by atoms with E-state index in [-0.39, 0.29) is 11.7 Å². The van der Waals surface area contributed by atoms with Crippen LogP contribution in [0.1, 0.15) is 44.8 Å². The average Bonchev–Trinajstić information content (AvgIpc) is 3.10. The maximum absolute atomic E-state index is 13.0. The summed E-state index contributed by atoms with van der Waals surface area (Å²) in [7, 11) is 0. The van der Waals surface area contributed by atoms with Gasteiger partial charge in [0.2, 0.25) is 0 Å². The lowest BCUT2D eigenvalue weighted by molar-refractivity contribution is 0.0951. The molecule has 0 saturated heterocycles. The highest BCUT2D eigenvalue weighted by Gasteiger charge is 2.25. The van der Waals surface area contributed by atoms with Crippen LogP contribution >= 0.6 is 11.3 Å². The zero-order chi connectivity index (χ0) is 19.3. The number of nitrogens with one attached hydrogen (secondary N) is 1. The van der Waals surface area contributed by atoms with Gasteiger partial charge in [-0.2, -0.15) is 0 Å². The predicted molar refractivity (Wildman–Crippen MR) is 114 cm³/mol. The lowest BCUT2D eigenvalue weighted by atomic mass is 9.95. The van der Waals surface area contributed by atoms with Gasteiger partial charge < -0.3 is 10.4 Å². The van der Waals surface area contributed by atoms with Crippen LogP contribution in [0.5, 0.6) is 5.75 Å². The number of fused-ring (bicyclic) bond motifs is 1. The van der Waals surface area contributed by atoms with Gasteiger partial charge in [-0.3, -0.25) is 4.79 Å². The van der Waals surface area contributed by atoms with Gasteiger partial charge in [0.15, 0.2) is 0 Å². The maximum atomic E-state index is 13.0. The first-order chi connectivity index (χ1) is 13.7. The highest BCUT2D eigenvalue weighted by atomic mass is 32.1. The van der Waals surface area contributed by atoms with Crippen LogP contribution in [-0.4, -0.2) is 17.2 Å². The fourth-order valence-corrected chi connectivity index (χ4v) is 4.71. The van der Waals surface area contributed by atoms with Crippen molar-refractivity contribution in [2.45, 2.75) is 32.2 Å². The summed E-state index contributed by atoms with van der Waals surface area (Å²) in [6.45, 7) is 0.500. The molecular formula is C23H22N2O2S. The van der Waals surface area contributed by atoms with Gasteiger partial charge in [0.25, 0.3) is 5.91 Å². The normalized spacial score (nSPS) is 13.4. The van der Waals surface area contributed by atoms with E-state index in [9.17, 15) is 9.90 Å². The van der Waals surface area contributed by atoms with E-state index in [0.717, 1.165) is 47.4 Å². The number of aryl methyl sites for hydroxylation is 1. The maximum Gasteiger partial charge on any atom is 0.254 e. The van der Waals surface area contributed by atoms with Crippen LogP contribution in [0, 0.1) is 0 Å². The summed E-state index contributed by atoms with van der Waals surface area (Å²) in [5.74, 6) is 0.140. The Morgan fingerprint density at radius 2 is 1.93 bits per heavy atom. The summed E-state index contributed by atoms with van der Waals surface area (Å²) in [4.78, 5) is 18.9. The third-order valence-electron chi connectivity index (χ3n) is 4.88. The van der Waals surface area contributed by atoms with Crippen LogP contribution in [0.15, 0.2) is 59.6 Å². The molecule has 0 saturated carbocycles. The van der Waals surface area contributed by atoms with Crippen molar-refractivity contribution in [2.24, 2.45) is 4.99 Å². The van der Waals surface area contributed by atoms with Crippen molar-refractivity contribution >= 4 is 28.5 Å². The number of thiophene rings is 1. The number of carbonyl (C=O) groups is 1.